The molecule has 0 saturated heterocycles. The molecule has 2 heterocycles. The summed E-state index contributed by atoms with van der Waals surface area (Å²) in [7, 11) is -3.45. The summed E-state index contributed by atoms with van der Waals surface area (Å²) in [5, 5.41) is 12.8. The van der Waals surface area contributed by atoms with Gasteiger partial charge in [0.2, 0.25) is 20.1 Å². The molecule has 7 nitrogen and oxygen atoms in total. The van der Waals surface area contributed by atoms with E-state index in [9.17, 15) is 8.42 Å². The Balaban J connectivity index is 2.09. The van der Waals surface area contributed by atoms with Crippen molar-refractivity contribution >= 4 is 31.5 Å². The van der Waals surface area contributed by atoms with E-state index in [1.807, 2.05) is 6.20 Å². The normalized spacial score (nSPS) is 13.1. The molecule has 9 heteroatoms. The molecule has 2 rings (SSSR count). The molecule has 19 heavy (non-hydrogen) atoms. The Hall–Kier alpha value is -1.19. The van der Waals surface area contributed by atoms with Gasteiger partial charge < -0.3 is 5.32 Å². The lowest BCUT2D eigenvalue weighted by molar-refractivity contribution is 0.572. The predicted octanol–water partition coefficient (Wildman–Crippen LogP) is 0.789. The number of fused-ring (bicyclic) bond motifs is 1. The van der Waals surface area contributed by atoms with E-state index in [-0.39, 0.29) is 17.7 Å². The number of hydrogen-bond donors (Lipinski definition) is 2. The summed E-state index contributed by atoms with van der Waals surface area (Å²) in [6.07, 6.45) is 1.89. The standard InChI is InChI=1S/C10H17N5O2S2/c1-10(2,3)7-6-15-9(13-7)18-8(14-15)12-4-5-19(11,16)17/h6H,4-5H2,1-3H3,(H,12,14)(H2,11,16,17). The van der Waals surface area contributed by atoms with E-state index in [0.717, 1.165) is 10.7 Å². The van der Waals surface area contributed by atoms with E-state index in [1.165, 1.54) is 11.3 Å². The van der Waals surface area contributed by atoms with Gasteiger partial charge in [-0.15, -0.1) is 5.10 Å². The fourth-order valence-electron chi connectivity index (χ4n) is 1.43. The number of aromatic nitrogens is 3. The molecule has 0 aliphatic rings. The molecule has 0 aliphatic heterocycles. The van der Waals surface area contributed by atoms with Gasteiger partial charge in [0.05, 0.1) is 17.6 Å². The maximum atomic E-state index is 10.8. The lowest BCUT2D eigenvalue weighted by atomic mass is 9.93. The topological polar surface area (TPSA) is 102 Å². The minimum atomic E-state index is -3.45. The lowest BCUT2D eigenvalue weighted by Gasteiger charge is -2.13. The molecule has 0 amide bonds. The number of hydrogen-bond acceptors (Lipinski definition) is 6. The third kappa shape index (κ3) is 3.64. The zero-order chi connectivity index (χ0) is 14.3. The second-order valence-corrected chi connectivity index (χ2v) is 7.99. The summed E-state index contributed by atoms with van der Waals surface area (Å²) in [5.74, 6) is -0.123. The van der Waals surface area contributed by atoms with Gasteiger partial charge in [-0.05, 0) is 0 Å². The molecular weight excluding hydrogens is 286 g/mol. The predicted molar refractivity (Wildman–Crippen MR) is 76.0 cm³/mol. The highest BCUT2D eigenvalue weighted by Crippen LogP contribution is 2.25. The highest BCUT2D eigenvalue weighted by Gasteiger charge is 2.19. The van der Waals surface area contributed by atoms with Gasteiger partial charge in [0, 0.05) is 12.0 Å². The summed E-state index contributed by atoms with van der Waals surface area (Å²) in [6, 6.07) is 0. The van der Waals surface area contributed by atoms with Crippen LogP contribution in [0.5, 0.6) is 0 Å². The van der Waals surface area contributed by atoms with E-state index >= 15 is 0 Å². The van der Waals surface area contributed by atoms with Crippen LogP contribution in [0.4, 0.5) is 5.13 Å². The number of anilines is 1. The molecule has 0 saturated carbocycles. The van der Waals surface area contributed by atoms with Gasteiger partial charge in [-0.2, -0.15) is 0 Å². The van der Waals surface area contributed by atoms with Crippen LogP contribution in [0.25, 0.3) is 4.96 Å². The molecule has 0 radical (unpaired) electrons. The van der Waals surface area contributed by atoms with Gasteiger partial charge in [-0.25, -0.2) is 23.1 Å². The van der Waals surface area contributed by atoms with Crippen LogP contribution in [-0.4, -0.2) is 35.3 Å². The van der Waals surface area contributed by atoms with Crippen LogP contribution < -0.4 is 10.5 Å². The molecule has 2 aromatic rings. The van der Waals surface area contributed by atoms with Gasteiger partial charge in [0.25, 0.3) is 0 Å². The van der Waals surface area contributed by atoms with Crippen molar-refractivity contribution in [3.63, 3.8) is 0 Å². The van der Waals surface area contributed by atoms with Crippen molar-refractivity contribution in [1.29, 1.82) is 0 Å². The molecule has 106 valence electrons. The van der Waals surface area contributed by atoms with Crippen LogP contribution in [0, 0.1) is 0 Å². The Bertz CT molecular complexity index is 649. The molecule has 3 N–H and O–H groups in total. The zero-order valence-electron chi connectivity index (χ0n) is 11.0. The van der Waals surface area contributed by atoms with Crippen molar-refractivity contribution in [3.05, 3.63) is 11.9 Å². The zero-order valence-corrected chi connectivity index (χ0v) is 12.7. The highest BCUT2D eigenvalue weighted by molar-refractivity contribution is 7.89. The van der Waals surface area contributed by atoms with E-state index < -0.39 is 10.0 Å². The first-order valence-corrected chi connectivity index (χ1v) is 8.29. The first-order valence-electron chi connectivity index (χ1n) is 5.76. The smallest absolute Gasteiger partial charge is 0.214 e. The van der Waals surface area contributed by atoms with Crippen LogP contribution in [0.3, 0.4) is 0 Å². The minimum Gasteiger partial charge on any atom is -0.359 e. The van der Waals surface area contributed by atoms with Gasteiger partial charge in [0.1, 0.15) is 0 Å². The SMILES string of the molecule is CC(C)(C)c1cn2nc(NCCS(N)(=O)=O)sc2n1. The molecule has 0 aromatic carbocycles. The van der Waals surface area contributed by atoms with Crippen molar-refractivity contribution in [3.8, 4) is 0 Å². The summed E-state index contributed by atoms with van der Waals surface area (Å²) in [4.78, 5) is 5.28. The number of imidazole rings is 1. The highest BCUT2D eigenvalue weighted by atomic mass is 32.2. The summed E-state index contributed by atoms with van der Waals surface area (Å²) in [5.41, 5.74) is 0.955. The fourth-order valence-corrected chi connectivity index (χ4v) is 2.63. The number of nitrogens with two attached hydrogens (primary N) is 1. The van der Waals surface area contributed by atoms with E-state index in [1.54, 1.807) is 4.52 Å². The summed E-state index contributed by atoms with van der Waals surface area (Å²) in [6.45, 7) is 6.50. The maximum absolute atomic E-state index is 10.8. The summed E-state index contributed by atoms with van der Waals surface area (Å²) >= 11 is 1.38. The first-order chi connectivity index (χ1) is 8.65. The van der Waals surface area contributed by atoms with Gasteiger partial charge in [-0.1, -0.05) is 32.1 Å². The molecule has 0 unspecified atom stereocenters. The third-order valence-corrected chi connectivity index (χ3v) is 4.13. The minimum absolute atomic E-state index is 0.0192. The fraction of sp³-hybridized carbons (Fsp3) is 0.600. The molecule has 0 atom stereocenters. The quantitative estimate of drug-likeness (QED) is 0.869. The van der Waals surface area contributed by atoms with Crippen LogP contribution in [0.2, 0.25) is 0 Å². The number of primary sulfonamides is 1. The number of nitrogens with one attached hydrogen (secondary N) is 1. The van der Waals surface area contributed by atoms with Crippen LogP contribution in [0.1, 0.15) is 26.5 Å². The van der Waals surface area contributed by atoms with Crippen molar-refractivity contribution in [2.24, 2.45) is 5.14 Å². The molecule has 0 fully saturated rings. The molecule has 0 bridgehead atoms. The Morgan fingerprint density at radius 1 is 1.47 bits per heavy atom. The average molecular weight is 303 g/mol. The Morgan fingerprint density at radius 3 is 2.68 bits per heavy atom. The van der Waals surface area contributed by atoms with Crippen molar-refractivity contribution in [2.45, 2.75) is 26.2 Å². The largest absolute Gasteiger partial charge is 0.359 e. The third-order valence-electron chi connectivity index (χ3n) is 2.47. The van der Waals surface area contributed by atoms with Gasteiger partial charge in [0.15, 0.2) is 0 Å². The average Bonchev–Trinajstić information content (AvgIpc) is 2.71. The first kappa shape index (κ1) is 14.2. The van der Waals surface area contributed by atoms with E-state index in [2.05, 4.69) is 36.2 Å². The molecule has 0 aliphatic carbocycles. The van der Waals surface area contributed by atoms with Crippen molar-refractivity contribution in [2.75, 3.05) is 17.6 Å². The number of rotatable bonds is 4. The second-order valence-electron chi connectivity index (χ2n) is 5.30. The van der Waals surface area contributed by atoms with E-state index in [0.29, 0.717) is 5.13 Å². The Labute approximate surface area is 115 Å². The lowest BCUT2D eigenvalue weighted by Crippen LogP contribution is -2.22. The monoisotopic (exact) mass is 303 g/mol. The second kappa shape index (κ2) is 4.73. The molecular formula is C10H17N5O2S2. The van der Waals surface area contributed by atoms with Crippen LogP contribution >= 0.6 is 11.3 Å². The van der Waals surface area contributed by atoms with Gasteiger partial charge in [-0.3, -0.25) is 0 Å². The Morgan fingerprint density at radius 2 is 2.16 bits per heavy atom. The summed E-state index contributed by atoms with van der Waals surface area (Å²) < 4.78 is 23.3. The van der Waals surface area contributed by atoms with Crippen molar-refractivity contribution in [1.82, 2.24) is 14.6 Å². The molecule has 0 spiro atoms. The number of nitrogens with zero attached hydrogens (tertiary/aromatic N) is 3. The van der Waals surface area contributed by atoms with Crippen LogP contribution in [0.15, 0.2) is 6.20 Å². The number of sulfonamides is 1. The van der Waals surface area contributed by atoms with Crippen molar-refractivity contribution < 1.29 is 8.42 Å². The van der Waals surface area contributed by atoms with Crippen LogP contribution in [-0.2, 0) is 15.4 Å². The molecule has 2 aromatic heterocycles. The van der Waals surface area contributed by atoms with E-state index in [4.69, 9.17) is 5.14 Å². The Kier molecular flexibility index (Phi) is 3.54. The maximum Gasteiger partial charge on any atom is 0.214 e. The van der Waals surface area contributed by atoms with Gasteiger partial charge >= 0.3 is 0 Å².